The summed E-state index contributed by atoms with van der Waals surface area (Å²) >= 11 is 0. The second-order valence-corrected chi connectivity index (χ2v) is 3.46. The number of quaternary nitrogens is 1. The van der Waals surface area contributed by atoms with Crippen molar-refractivity contribution in [1.29, 1.82) is 0 Å². The van der Waals surface area contributed by atoms with Crippen LogP contribution in [-0.2, 0) is 16.1 Å². The third kappa shape index (κ3) is 5.18. The highest BCUT2D eigenvalue weighted by Crippen LogP contribution is 2.03. The van der Waals surface area contributed by atoms with E-state index in [-0.39, 0.29) is 5.97 Å². The van der Waals surface area contributed by atoms with E-state index >= 15 is 0 Å². The second-order valence-electron chi connectivity index (χ2n) is 3.46. The molecule has 0 spiro atoms. The van der Waals surface area contributed by atoms with Gasteiger partial charge in [0.15, 0.2) is 0 Å². The Bertz CT molecular complexity index is 285. The van der Waals surface area contributed by atoms with Crippen LogP contribution in [0, 0.1) is 0 Å². The van der Waals surface area contributed by atoms with Crippen LogP contribution in [0.2, 0.25) is 0 Å². The van der Waals surface area contributed by atoms with E-state index in [0.29, 0.717) is 13.0 Å². The summed E-state index contributed by atoms with van der Waals surface area (Å²) < 4.78 is 5.12. The fourth-order valence-electron chi connectivity index (χ4n) is 1.26. The van der Waals surface area contributed by atoms with Crippen LogP contribution in [0.5, 0.6) is 0 Å². The molecule has 3 N–H and O–H groups in total. The van der Waals surface area contributed by atoms with Gasteiger partial charge in [-0.15, -0.1) is 0 Å². The van der Waals surface area contributed by atoms with Crippen molar-refractivity contribution in [3.63, 3.8) is 0 Å². The van der Waals surface area contributed by atoms with E-state index < -0.39 is 0 Å². The van der Waals surface area contributed by atoms with E-state index in [1.165, 1.54) is 0 Å². The lowest BCUT2D eigenvalue weighted by Crippen LogP contribution is -2.50. The Morgan fingerprint density at radius 1 is 1.20 bits per heavy atom. The number of esters is 1. The zero-order valence-corrected chi connectivity index (χ0v) is 8.95. The van der Waals surface area contributed by atoms with Gasteiger partial charge in [0.1, 0.15) is 6.61 Å². The molecule has 3 nitrogen and oxygen atoms in total. The molecule has 0 saturated carbocycles. The quantitative estimate of drug-likeness (QED) is 0.563. The van der Waals surface area contributed by atoms with Gasteiger partial charge in [0, 0.05) is 6.42 Å². The minimum absolute atomic E-state index is 0.118. The van der Waals surface area contributed by atoms with Gasteiger partial charge in [0.05, 0.1) is 6.54 Å². The lowest BCUT2D eigenvalue weighted by atomic mass is 10.2. The first-order valence-corrected chi connectivity index (χ1v) is 5.31. The first-order chi connectivity index (χ1) is 7.33. The summed E-state index contributed by atoms with van der Waals surface area (Å²) in [7, 11) is 0. The molecule has 0 aliphatic carbocycles. The normalized spacial score (nSPS) is 9.93. The number of carbonyl (C=O) groups is 1. The first kappa shape index (κ1) is 11.7. The lowest BCUT2D eigenvalue weighted by molar-refractivity contribution is -0.368. The third-order valence-corrected chi connectivity index (χ3v) is 2.12. The van der Waals surface area contributed by atoms with Gasteiger partial charge in [0.25, 0.3) is 0 Å². The van der Waals surface area contributed by atoms with E-state index in [2.05, 4.69) is 5.73 Å². The molecule has 0 aliphatic heterocycles. The van der Waals surface area contributed by atoms with Crippen molar-refractivity contribution in [3.8, 4) is 0 Å². The van der Waals surface area contributed by atoms with E-state index in [9.17, 15) is 4.79 Å². The molecule has 1 aromatic rings. The molecule has 0 aromatic heterocycles. The van der Waals surface area contributed by atoms with Gasteiger partial charge in [-0.3, -0.25) is 4.79 Å². The van der Waals surface area contributed by atoms with Crippen molar-refractivity contribution in [1.82, 2.24) is 0 Å². The molecule has 3 heteroatoms. The topological polar surface area (TPSA) is 53.9 Å². The highest BCUT2D eigenvalue weighted by molar-refractivity contribution is 5.69. The zero-order valence-electron chi connectivity index (χ0n) is 8.95. The maximum absolute atomic E-state index is 11.2. The number of hydrogen-bond acceptors (Lipinski definition) is 2. The van der Waals surface area contributed by atoms with Gasteiger partial charge in [-0.2, -0.15) is 0 Å². The number of rotatable bonds is 6. The van der Waals surface area contributed by atoms with Crippen LogP contribution in [0.4, 0.5) is 0 Å². The Labute approximate surface area is 90.2 Å². The zero-order chi connectivity index (χ0) is 10.9. The maximum atomic E-state index is 11.2. The molecule has 0 amide bonds. The fourth-order valence-corrected chi connectivity index (χ4v) is 1.26. The summed E-state index contributed by atoms with van der Waals surface area (Å²) in [6, 6.07) is 9.71. The van der Waals surface area contributed by atoms with Crippen molar-refractivity contribution in [2.75, 3.05) is 6.54 Å². The Morgan fingerprint density at radius 2 is 1.93 bits per heavy atom. The molecule has 0 bridgehead atoms. The molecule has 1 rings (SSSR count). The first-order valence-electron chi connectivity index (χ1n) is 5.31. The molecule has 0 unspecified atom stereocenters. The molecule has 0 saturated heterocycles. The van der Waals surface area contributed by atoms with E-state index in [1.807, 2.05) is 30.3 Å². The number of ether oxygens (including phenoxy) is 1. The molecule has 0 fully saturated rings. The van der Waals surface area contributed by atoms with Gasteiger partial charge in [-0.25, -0.2) is 0 Å². The monoisotopic (exact) mass is 208 g/mol. The minimum atomic E-state index is -0.118. The highest BCUT2D eigenvalue weighted by Gasteiger charge is 2.02. The Hall–Kier alpha value is -1.35. The minimum Gasteiger partial charge on any atom is -0.461 e. The fraction of sp³-hybridized carbons (Fsp3) is 0.417. The molecular weight excluding hydrogens is 190 g/mol. The van der Waals surface area contributed by atoms with Gasteiger partial charge >= 0.3 is 5.97 Å². The maximum Gasteiger partial charge on any atom is 0.306 e. The van der Waals surface area contributed by atoms with Crippen molar-refractivity contribution in [2.45, 2.75) is 25.9 Å². The molecule has 15 heavy (non-hydrogen) atoms. The summed E-state index contributed by atoms with van der Waals surface area (Å²) in [5, 5.41) is 0. The Morgan fingerprint density at radius 3 is 2.60 bits per heavy atom. The summed E-state index contributed by atoms with van der Waals surface area (Å²) in [5.74, 6) is -0.118. The van der Waals surface area contributed by atoms with Crippen molar-refractivity contribution >= 4 is 5.97 Å². The van der Waals surface area contributed by atoms with Crippen molar-refractivity contribution < 1.29 is 15.3 Å². The van der Waals surface area contributed by atoms with Crippen LogP contribution in [-0.4, -0.2) is 12.5 Å². The van der Waals surface area contributed by atoms with Gasteiger partial charge in [-0.05, 0) is 18.4 Å². The molecule has 0 atom stereocenters. The standard InChI is InChI=1S/C12H17NO2/c13-9-5-4-8-12(14)15-10-11-6-2-1-3-7-11/h1-3,6-7H,4-5,8-10,13H2/p+1. The van der Waals surface area contributed by atoms with Gasteiger partial charge in [-0.1, -0.05) is 30.3 Å². The summed E-state index contributed by atoms with van der Waals surface area (Å²) in [4.78, 5) is 11.2. The van der Waals surface area contributed by atoms with Crippen LogP contribution < -0.4 is 5.73 Å². The lowest BCUT2D eigenvalue weighted by Gasteiger charge is -2.03. The molecule has 82 valence electrons. The smallest absolute Gasteiger partial charge is 0.306 e. The Kier molecular flexibility index (Phi) is 5.48. The molecule has 0 radical (unpaired) electrons. The highest BCUT2D eigenvalue weighted by atomic mass is 16.5. The third-order valence-electron chi connectivity index (χ3n) is 2.12. The average molecular weight is 208 g/mol. The summed E-state index contributed by atoms with van der Waals surface area (Å²) in [5.41, 5.74) is 4.75. The van der Waals surface area contributed by atoms with Crippen LogP contribution in [0.15, 0.2) is 30.3 Å². The summed E-state index contributed by atoms with van der Waals surface area (Å²) in [6.45, 7) is 1.26. The average Bonchev–Trinajstić information content (AvgIpc) is 2.28. The predicted octanol–water partition coefficient (Wildman–Crippen LogP) is 1.14. The van der Waals surface area contributed by atoms with Crippen LogP contribution in [0.3, 0.4) is 0 Å². The van der Waals surface area contributed by atoms with Crippen LogP contribution in [0.25, 0.3) is 0 Å². The van der Waals surface area contributed by atoms with E-state index in [1.54, 1.807) is 0 Å². The molecule has 0 heterocycles. The number of benzene rings is 1. The number of unbranched alkanes of at least 4 members (excludes halogenated alkanes) is 1. The number of carbonyl (C=O) groups excluding carboxylic acids is 1. The van der Waals surface area contributed by atoms with E-state index in [4.69, 9.17) is 4.74 Å². The van der Waals surface area contributed by atoms with Crippen molar-refractivity contribution in [2.24, 2.45) is 0 Å². The molecular formula is C12H18NO2+. The second kappa shape index (κ2) is 7.01. The SMILES string of the molecule is [NH3+]CCCCC(=O)OCc1ccccc1. The van der Waals surface area contributed by atoms with Crippen molar-refractivity contribution in [3.05, 3.63) is 35.9 Å². The Balaban J connectivity index is 2.17. The van der Waals surface area contributed by atoms with Gasteiger partial charge in [0.2, 0.25) is 0 Å². The number of hydrogen-bond donors (Lipinski definition) is 1. The predicted molar refractivity (Wildman–Crippen MR) is 57.8 cm³/mol. The van der Waals surface area contributed by atoms with Crippen LogP contribution in [0.1, 0.15) is 24.8 Å². The summed E-state index contributed by atoms with van der Waals surface area (Å²) in [6.07, 6.45) is 2.36. The molecule has 1 aromatic carbocycles. The molecule has 0 aliphatic rings. The van der Waals surface area contributed by atoms with Gasteiger partial charge < -0.3 is 10.5 Å². The van der Waals surface area contributed by atoms with Crippen LogP contribution >= 0.6 is 0 Å². The van der Waals surface area contributed by atoms with E-state index in [0.717, 1.165) is 24.9 Å². The largest absolute Gasteiger partial charge is 0.461 e.